The number of ketones is 2. The molecule has 3 aliphatic carbocycles. The number of nitrogens with zero attached hydrogens (tertiary/aromatic N) is 3. The number of carbonyl (C=O) groups is 3. The molecule has 240 valence electrons. The van der Waals surface area contributed by atoms with Gasteiger partial charge in [-0.1, -0.05) is 13.8 Å². The zero-order valence-electron chi connectivity index (χ0n) is 26.2. The topological polar surface area (TPSA) is 181 Å². The van der Waals surface area contributed by atoms with Crippen LogP contribution in [-0.4, -0.2) is 112 Å². The Balaban J connectivity index is 1.48. The lowest BCUT2D eigenvalue weighted by atomic mass is 9.46. The third-order valence-electron chi connectivity index (χ3n) is 10.4. The fraction of sp³-hybridized carbons (Fsp3) is 0.485. The van der Waals surface area contributed by atoms with Gasteiger partial charge in [0.2, 0.25) is 5.78 Å². The van der Waals surface area contributed by atoms with Crippen LogP contribution in [0.4, 0.5) is 0 Å². The third-order valence-corrected chi connectivity index (χ3v) is 10.4. The summed E-state index contributed by atoms with van der Waals surface area (Å²) in [5.41, 5.74) is 0.0287. The SMILES string of the molecule is CN1CCN(Cc2ccc(-c3ccc(O)c4c3C[C@@]3(C)C[C@@]5(C)[C@H](N(C)C)C(=O)C(C(N)=O)=C(O)[C@@]5(O)C(=O)C3=C4O)o2)CC1. The number of rotatable bonds is 5. The van der Waals surface area contributed by atoms with Crippen LogP contribution in [-0.2, 0) is 27.3 Å². The lowest BCUT2D eigenvalue weighted by Gasteiger charge is -2.59. The van der Waals surface area contributed by atoms with Crippen molar-refractivity contribution in [3.63, 3.8) is 0 Å². The Kier molecular flexibility index (Phi) is 7.09. The molecule has 1 amide bonds. The van der Waals surface area contributed by atoms with Gasteiger partial charge in [-0.05, 0) is 63.8 Å². The highest BCUT2D eigenvalue weighted by atomic mass is 16.4. The van der Waals surface area contributed by atoms with Crippen LogP contribution >= 0.6 is 0 Å². The largest absolute Gasteiger partial charge is 0.508 e. The number of furan rings is 1. The maximum atomic E-state index is 14.4. The lowest BCUT2D eigenvalue weighted by molar-refractivity contribution is -0.175. The minimum Gasteiger partial charge on any atom is -0.508 e. The molecule has 45 heavy (non-hydrogen) atoms. The molecule has 1 saturated carbocycles. The first-order chi connectivity index (χ1) is 21.0. The maximum Gasteiger partial charge on any atom is 0.255 e. The summed E-state index contributed by atoms with van der Waals surface area (Å²) in [6, 6.07) is 5.66. The Labute approximate surface area is 261 Å². The molecular formula is C33H40N4O8. The number of primary amides is 1. The molecule has 1 aromatic carbocycles. The van der Waals surface area contributed by atoms with E-state index in [0.717, 1.165) is 31.9 Å². The van der Waals surface area contributed by atoms with E-state index in [9.17, 15) is 34.8 Å². The monoisotopic (exact) mass is 620 g/mol. The summed E-state index contributed by atoms with van der Waals surface area (Å²) >= 11 is 0. The average molecular weight is 621 g/mol. The summed E-state index contributed by atoms with van der Waals surface area (Å²) in [6.45, 7) is 7.68. The fourth-order valence-corrected chi connectivity index (χ4v) is 8.39. The molecule has 4 aliphatic rings. The van der Waals surface area contributed by atoms with Crippen molar-refractivity contribution in [3.05, 3.63) is 58.1 Å². The van der Waals surface area contributed by atoms with E-state index < -0.39 is 57.0 Å². The number of hydrogen-bond acceptors (Lipinski definition) is 11. The highest BCUT2D eigenvalue weighted by Crippen LogP contribution is 2.63. The smallest absolute Gasteiger partial charge is 0.255 e. The van der Waals surface area contributed by atoms with Crippen LogP contribution in [0.5, 0.6) is 5.75 Å². The number of nitrogens with two attached hydrogens (primary N) is 1. The molecule has 1 aliphatic heterocycles. The third kappa shape index (κ3) is 4.30. The molecule has 2 aromatic rings. The van der Waals surface area contributed by atoms with Crippen LogP contribution in [0, 0.1) is 10.8 Å². The van der Waals surface area contributed by atoms with Crippen molar-refractivity contribution in [2.24, 2.45) is 16.6 Å². The van der Waals surface area contributed by atoms with Gasteiger partial charge in [0.15, 0.2) is 11.4 Å². The first kappa shape index (κ1) is 31.0. The van der Waals surface area contributed by atoms with Crippen molar-refractivity contribution in [1.29, 1.82) is 0 Å². The summed E-state index contributed by atoms with van der Waals surface area (Å²) in [7, 11) is 5.25. The van der Waals surface area contributed by atoms with E-state index in [2.05, 4.69) is 16.8 Å². The highest BCUT2D eigenvalue weighted by molar-refractivity contribution is 6.25. The van der Waals surface area contributed by atoms with E-state index in [-0.39, 0.29) is 29.7 Å². The van der Waals surface area contributed by atoms with E-state index in [1.165, 1.54) is 17.9 Å². The lowest BCUT2D eigenvalue weighted by Crippen LogP contribution is -2.72. The van der Waals surface area contributed by atoms with Crippen molar-refractivity contribution >= 4 is 23.2 Å². The number of hydrogen-bond donors (Lipinski definition) is 5. The summed E-state index contributed by atoms with van der Waals surface area (Å²) < 4.78 is 6.29. The van der Waals surface area contributed by atoms with Crippen LogP contribution in [0.2, 0.25) is 0 Å². The Morgan fingerprint density at radius 3 is 2.36 bits per heavy atom. The zero-order chi connectivity index (χ0) is 32.8. The number of aliphatic hydroxyl groups is 3. The van der Waals surface area contributed by atoms with Gasteiger partial charge in [0.25, 0.3) is 5.91 Å². The molecular weight excluding hydrogens is 580 g/mol. The second kappa shape index (κ2) is 10.3. The number of fused-ring (bicyclic) bond motifs is 3. The number of likely N-dealkylation sites (N-methyl/N-ethyl adjacent to an activating group) is 2. The highest BCUT2D eigenvalue weighted by Gasteiger charge is 2.72. The number of piperazine rings is 1. The van der Waals surface area contributed by atoms with E-state index >= 15 is 0 Å². The molecule has 0 unspecified atom stereocenters. The maximum absolute atomic E-state index is 14.4. The Bertz CT molecular complexity index is 1700. The molecule has 1 aromatic heterocycles. The number of phenolic OH excluding ortho intramolecular Hbond substituents is 1. The molecule has 6 rings (SSSR count). The van der Waals surface area contributed by atoms with Gasteiger partial charge < -0.3 is 35.5 Å². The fourth-order valence-electron chi connectivity index (χ4n) is 8.39. The molecule has 1 saturated heterocycles. The van der Waals surface area contributed by atoms with Crippen molar-refractivity contribution in [3.8, 4) is 17.1 Å². The molecule has 12 nitrogen and oxygen atoms in total. The summed E-state index contributed by atoms with van der Waals surface area (Å²) in [5, 5.41) is 46.1. The molecule has 2 heterocycles. The van der Waals surface area contributed by atoms with Crippen molar-refractivity contribution < 1.29 is 39.2 Å². The number of carbonyl (C=O) groups excluding carboxylic acids is 3. The Morgan fingerprint density at radius 1 is 1.07 bits per heavy atom. The van der Waals surface area contributed by atoms with Crippen LogP contribution in [0.15, 0.2) is 45.6 Å². The van der Waals surface area contributed by atoms with Gasteiger partial charge in [-0.3, -0.25) is 24.2 Å². The van der Waals surface area contributed by atoms with Crippen LogP contribution in [0.1, 0.15) is 37.2 Å². The van der Waals surface area contributed by atoms with Gasteiger partial charge in [0.05, 0.1) is 18.2 Å². The standard InChI is InChI=1S/C33H40N4O8/c1-31-14-19-18(21-9-6-17(45-21)15-37-12-10-36(5)11-13-37)7-8-20(38)22(19)25(39)24(31)29(42)33(44)28(41)23(30(34)43)26(40)27(35(3)4)32(33,2)16-31/h6-9,27,38-39,41,44H,10-16H2,1-5H3,(H2,34,43)/t27-,31+,32+,33-/m1/s1. The molecule has 0 spiro atoms. The normalized spacial score (nSPS) is 30.9. The second-order valence-electron chi connectivity index (χ2n) is 13.7. The van der Waals surface area contributed by atoms with Crippen LogP contribution in [0.25, 0.3) is 17.1 Å². The quantitative estimate of drug-likeness (QED) is 0.307. The molecule has 6 N–H and O–H groups in total. The molecule has 4 atom stereocenters. The number of aromatic hydroxyl groups is 1. The van der Waals surface area contributed by atoms with Gasteiger partial charge in [0.1, 0.15) is 34.4 Å². The van der Waals surface area contributed by atoms with E-state index in [1.54, 1.807) is 27.1 Å². The number of aliphatic hydroxyl groups excluding tert-OH is 2. The van der Waals surface area contributed by atoms with Gasteiger partial charge in [0, 0.05) is 48.1 Å². The first-order valence-corrected chi connectivity index (χ1v) is 15.1. The van der Waals surface area contributed by atoms with Crippen molar-refractivity contribution in [2.75, 3.05) is 47.3 Å². The van der Waals surface area contributed by atoms with Gasteiger partial charge >= 0.3 is 0 Å². The predicted octanol–water partition coefficient (Wildman–Crippen LogP) is 1.75. The summed E-state index contributed by atoms with van der Waals surface area (Å²) in [4.78, 5) is 46.4. The second-order valence-corrected chi connectivity index (χ2v) is 13.7. The van der Waals surface area contributed by atoms with Gasteiger partial charge in [-0.15, -0.1) is 0 Å². The minimum atomic E-state index is -2.76. The number of benzene rings is 1. The van der Waals surface area contributed by atoms with E-state index in [1.807, 2.05) is 12.1 Å². The minimum absolute atomic E-state index is 0.0205. The Hall–Kier alpha value is -3.97. The molecule has 0 bridgehead atoms. The first-order valence-electron chi connectivity index (χ1n) is 15.1. The van der Waals surface area contributed by atoms with E-state index in [4.69, 9.17) is 10.2 Å². The van der Waals surface area contributed by atoms with Crippen molar-refractivity contribution in [2.45, 2.75) is 44.9 Å². The number of amides is 1. The predicted molar refractivity (Wildman–Crippen MR) is 164 cm³/mol. The zero-order valence-corrected chi connectivity index (χ0v) is 26.2. The van der Waals surface area contributed by atoms with Gasteiger partial charge in [-0.25, -0.2) is 0 Å². The number of phenols is 1. The molecule has 12 heteroatoms. The summed E-state index contributed by atoms with van der Waals surface area (Å²) in [6.07, 6.45) is 0.0898. The van der Waals surface area contributed by atoms with Crippen LogP contribution in [0.3, 0.4) is 0 Å². The van der Waals surface area contributed by atoms with E-state index in [0.29, 0.717) is 23.4 Å². The number of Topliss-reactive ketones (excluding diaryl/α,β-unsaturated/α-hetero) is 2. The van der Waals surface area contributed by atoms with Crippen LogP contribution < -0.4 is 5.73 Å². The summed E-state index contributed by atoms with van der Waals surface area (Å²) in [5.74, 6) is -3.79. The van der Waals surface area contributed by atoms with Gasteiger partial charge in [-0.2, -0.15) is 0 Å². The Morgan fingerprint density at radius 2 is 1.73 bits per heavy atom. The van der Waals surface area contributed by atoms with Crippen molar-refractivity contribution in [1.82, 2.24) is 14.7 Å². The molecule has 2 fully saturated rings. The average Bonchev–Trinajstić information content (AvgIpc) is 3.39. The molecule has 0 radical (unpaired) electrons.